The van der Waals surface area contributed by atoms with Crippen LogP contribution in [0.3, 0.4) is 0 Å². The van der Waals surface area contributed by atoms with E-state index in [0.29, 0.717) is 46.6 Å². The fraction of sp³-hybridized carbons (Fsp3) is 0.400. The number of thiazole rings is 1. The Bertz CT molecular complexity index is 1370. The van der Waals surface area contributed by atoms with Crippen molar-refractivity contribution in [3.05, 3.63) is 41.9 Å². The third-order valence-electron chi connectivity index (χ3n) is 6.89. The quantitative estimate of drug-likeness (QED) is 0.426. The van der Waals surface area contributed by atoms with Crippen LogP contribution in [0.5, 0.6) is 5.75 Å². The maximum atomic E-state index is 15.2. The second-order valence-corrected chi connectivity index (χ2v) is 10.1. The van der Waals surface area contributed by atoms with Crippen molar-refractivity contribution < 1.29 is 13.9 Å². The maximum Gasteiger partial charge on any atom is 0.166 e. The lowest BCUT2D eigenvalue weighted by Crippen LogP contribution is -2.44. The lowest BCUT2D eigenvalue weighted by molar-refractivity contribution is -0.0773. The summed E-state index contributed by atoms with van der Waals surface area (Å²) in [6, 6.07) is 7.64. The molecular formula is C25H27FN6O2S. The summed E-state index contributed by atoms with van der Waals surface area (Å²) in [6.45, 7) is 7.32. The Morgan fingerprint density at radius 2 is 1.94 bits per heavy atom. The van der Waals surface area contributed by atoms with E-state index in [9.17, 15) is 0 Å². The van der Waals surface area contributed by atoms with Gasteiger partial charge in [-0.3, -0.25) is 0 Å². The van der Waals surface area contributed by atoms with Crippen molar-refractivity contribution in [2.24, 2.45) is 5.92 Å². The van der Waals surface area contributed by atoms with Crippen LogP contribution in [0.1, 0.15) is 6.92 Å². The zero-order chi connectivity index (χ0) is 23.9. The minimum absolute atomic E-state index is 0.0342. The molecule has 2 aliphatic rings. The van der Waals surface area contributed by atoms with E-state index in [2.05, 4.69) is 56.2 Å². The van der Waals surface area contributed by atoms with E-state index in [1.165, 1.54) is 17.7 Å². The molecule has 4 heterocycles. The molecule has 1 N–H and O–H groups in total. The summed E-state index contributed by atoms with van der Waals surface area (Å²) < 4.78 is 27.6. The van der Waals surface area contributed by atoms with Crippen LogP contribution < -0.4 is 15.0 Å². The average Bonchev–Trinajstić information content (AvgIpc) is 3.30. The smallest absolute Gasteiger partial charge is 0.166 e. The highest BCUT2D eigenvalue weighted by Gasteiger charge is 2.28. The van der Waals surface area contributed by atoms with E-state index in [1.807, 2.05) is 6.07 Å². The molecule has 0 aliphatic carbocycles. The zero-order valence-corrected chi connectivity index (χ0v) is 20.5. The molecule has 2 saturated heterocycles. The second-order valence-electron chi connectivity index (χ2n) is 9.22. The summed E-state index contributed by atoms with van der Waals surface area (Å²) in [7, 11) is 2.14. The number of hydrogen-bond acceptors (Lipinski definition) is 9. The number of anilines is 3. The third kappa shape index (κ3) is 4.26. The molecule has 182 valence electrons. The predicted molar refractivity (Wildman–Crippen MR) is 137 cm³/mol. The number of fused-ring (bicyclic) bond motifs is 2. The molecule has 0 radical (unpaired) electrons. The zero-order valence-electron chi connectivity index (χ0n) is 19.7. The molecule has 35 heavy (non-hydrogen) atoms. The SMILES string of the molecule is C[C@@H](Oc1cc(N2CCN(C)CC2)cc2ncnc(Nc3ccc4ncsc4c3F)c12)C1COC1. The Morgan fingerprint density at radius 1 is 1.11 bits per heavy atom. The van der Waals surface area contributed by atoms with Crippen molar-refractivity contribution in [3.63, 3.8) is 0 Å². The van der Waals surface area contributed by atoms with Gasteiger partial charge in [-0.15, -0.1) is 11.3 Å². The van der Waals surface area contributed by atoms with E-state index < -0.39 is 0 Å². The highest BCUT2D eigenvalue weighted by molar-refractivity contribution is 7.16. The Kier molecular flexibility index (Phi) is 5.87. The van der Waals surface area contributed by atoms with Gasteiger partial charge in [0.05, 0.1) is 45.5 Å². The summed E-state index contributed by atoms with van der Waals surface area (Å²) in [5.74, 6) is 1.20. The first-order valence-electron chi connectivity index (χ1n) is 11.8. The lowest BCUT2D eigenvalue weighted by Gasteiger charge is -2.35. The van der Waals surface area contributed by atoms with Gasteiger partial charge in [-0.25, -0.2) is 19.3 Å². The predicted octanol–water partition coefficient (Wildman–Crippen LogP) is 4.29. The Balaban J connectivity index is 1.42. The summed E-state index contributed by atoms with van der Waals surface area (Å²) in [5.41, 5.74) is 4.46. The van der Waals surface area contributed by atoms with Crippen LogP contribution in [-0.4, -0.2) is 72.4 Å². The molecule has 6 rings (SSSR count). The molecule has 2 fully saturated rings. The number of hydrogen-bond donors (Lipinski definition) is 1. The number of benzene rings is 2. The van der Waals surface area contributed by atoms with Crippen molar-refractivity contribution >= 4 is 49.6 Å². The van der Waals surface area contributed by atoms with Crippen molar-refractivity contribution in [2.45, 2.75) is 13.0 Å². The van der Waals surface area contributed by atoms with Crippen LogP contribution in [-0.2, 0) is 4.74 Å². The number of nitrogens with one attached hydrogen (secondary N) is 1. The third-order valence-corrected chi connectivity index (χ3v) is 7.72. The van der Waals surface area contributed by atoms with Crippen LogP contribution in [0.2, 0.25) is 0 Å². The summed E-state index contributed by atoms with van der Waals surface area (Å²) in [4.78, 5) is 17.9. The first kappa shape index (κ1) is 22.4. The van der Waals surface area contributed by atoms with Crippen LogP contribution in [0.15, 0.2) is 36.1 Å². The number of likely N-dealkylation sites (N-methyl/N-ethyl adjacent to an activating group) is 1. The van der Waals surface area contributed by atoms with Crippen LogP contribution in [0.4, 0.5) is 21.6 Å². The molecule has 8 nitrogen and oxygen atoms in total. The number of nitrogens with zero attached hydrogens (tertiary/aromatic N) is 5. The monoisotopic (exact) mass is 494 g/mol. The number of rotatable bonds is 6. The van der Waals surface area contributed by atoms with Crippen LogP contribution in [0.25, 0.3) is 21.1 Å². The molecule has 4 aromatic rings. The fourth-order valence-corrected chi connectivity index (χ4v) is 5.24. The minimum atomic E-state index is -0.340. The molecule has 0 unspecified atom stereocenters. The van der Waals surface area contributed by atoms with Gasteiger partial charge in [-0.2, -0.15) is 0 Å². The highest BCUT2D eigenvalue weighted by Crippen LogP contribution is 2.38. The Hall–Kier alpha value is -3.08. The van der Waals surface area contributed by atoms with Gasteiger partial charge >= 0.3 is 0 Å². The van der Waals surface area contributed by atoms with Crippen molar-refractivity contribution in [3.8, 4) is 5.75 Å². The molecule has 2 aliphatic heterocycles. The van der Waals surface area contributed by atoms with Crippen LogP contribution in [0, 0.1) is 11.7 Å². The molecule has 2 aromatic heterocycles. The van der Waals surface area contributed by atoms with E-state index in [4.69, 9.17) is 9.47 Å². The number of piperazine rings is 1. The van der Waals surface area contributed by atoms with E-state index >= 15 is 4.39 Å². The van der Waals surface area contributed by atoms with E-state index in [1.54, 1.807) is 11.6 Å². The summed E-state index contributed by atoms with van der Waals surface area (Å²) in [5, 5.41) is 3.94. The fourth-order valence-electron chi connectivity index (χ4n) is 4.52. The largest absolute Gasteiger partial charge is 0.489 e. The Morgan fingerprint density at radius 3 is 2.71 bits per heavy atom. The maximum absolute atomic E-state index is 15.2. The summed E-state index contributed by atoms with van der Waals surface area (Å²) >= 11 is 1.28. The first-order chi connectivity index (χ1) is 17.1. The second kappa shape index (κ2) is 9.18. The number of aromatic nitrogens is 3. The van der Waals surface area contributed by atoms with Gasteiger partial charge in [0.15, 0.2) is 5.82 Å². The standard InChI is InChI=1S/C25H27FN6O2S/c1-15(16-11-33-12-16)34-21-10-17(32-7-5-31(2)6-8-32)9-20-22(21)25(28-13-27-20)30-18-3-4-19-24(23(18)26)35-14-29-19/h3-4,9-10,13-16H,5-8,11-12H2,1-2H3,(H,27,28,30)/t15-/m1/s1. The van der Waals surface area contributed by atoms with Crippen molar-refractivity contribution in [2.75, 3.05) is 56.7 Å². The normalized spacial score (nSPS) is 18.1. The molecule has 0 amide bonds. The van der Waals surface area contributed by atoms with Gasteiger partial charge < -0.3 is 24.6 Å². The number of halogens is 1. The molecule has 2 aromatic carbocycles. The first-order valence-corrected chi connectivity index (χ1v) is 12.7. The molecule has 0 bridgehead atoms. The van der Waals surface area contributed by atoms with E-state index in [0.717, 1.165) is 42.8 Å². The Labute approximate surface area is 206 Å². The molecular weight excluding hydrogens is 467 g/mol. The van der Waals surface area contributed by atoms with Gasteiger partial charge in [0, 0.05) is 43.9 Å². The molecule has 0 spiro atoms. The van der Waals surface area contributed by atoms with Crippen LogP contribution >= 0.6 is 11.3 Å². The lowest BCUT2D eigenvalue weighted by atomic mass is 10.0. The van der Waals surface area contributed by atoms with E-state index in [-0.39, 0.29) is 11.9 Å². The molecule has 0 saturated carbocycles. The minimum Gasteiger partial charge on any atom is -0.489 e. The average molecular weight is 495 g/mol. The topological polar surface area (TPSA) is 75.6 Å². The van der Waals surface area contributed by atoms with Gasteiger partial charge in [0.1, 0.15) is 24.0 Å². The van der Waals surface area contributed by atoms with Gasteiger partial charge in [0.25, 0.3) is 0 Å². The highest BCUT2D eigenvalue weighted by atomic mass is 32.1. The van der Waals surface area contributed by atoms with Gasteiger partial charge in [-0.05, 0) is 32.2 Å². The molecule has 1 atom stereocenters. The van der Waals surface area contributed by atoms with Gasteiger partial charge in [-0.1, -0.05) is 0 Å². The summed E-state index contributed by atoms with van der Waals surface area (Å²) in [6.07, 6.45) is 1.47. The van der Waals surface area contributed by atoms with Crippen molar-refractivity contribution in [1.29, 1.82) is 0 Å². The number of ether oxygens (including phenoxy) is 2. The van der Waals surface area contributed by atoms with Gasteiger partial charge in [0.2, 0.25) is 0 Å². The van der Waals surface area contributed by atoms with Crippen molar-refractivity contribution in [1.82, 2.24) is 19.9 Å². The molecule has 10 heteroatoms.